The van der Waals surface area contributed by atoms with E-state index in [0.29, 0.717) is 6.54 Å². The van der Waals surface area contributed by atoms with Crippen molar-refractivity contribution in [3.05, 3.63) is 30.1 Å². The van der Waals surface area contributed by atoms with E-state index >= 15 is 0 Å². The first-order valence-electron chi connectivity index (χ1n) is 14.2. The minimum atomic E-state index is -0.660. The second kappa shape index (κ2) is 20.6. The van der Waals surface area contributed by atoms with Crippen LogP contribution in [-0.2, 0) is 25.5 Å². The summed E-state index contributed by atoms with van der Waals surface area (Å²) in [6.07, 6.45) is 16.4. The smallest absolute Gasteiger partial charge is 0.407 e. The van der Waals surface area contributed by atoms with Gasteiger partial charge in [0.25, 0.3) is 0 Å². The molecule has 1 aliphatic heterocycles. The van der Waals surface area contributed by atoms with Gasteiger partial charge in [0, 0.05) is 12.7 Å². The first-order valence-corrected chi connectivity index (χ1v) is 14.2. The molecule has 2 amide bonds. The summed E-state index contributed by atoms with van der Waals surface area (Å²) < 4.78 is 21.4. The topological polar surface area (TPSA) is 108 Å². The van der Waals surface area contributed by atoms with Crippen molar-refractivity contribution in [3.8, 4) is 0 Å². The van der Waals surface area contributed by atoms with E-state index in [1.54, 1.807) is 6.20 Å². The Kier molecular flexibility index (Phi) is 17.2. The largest absolute Gasteiger partial charge is 0.447 e. The van der Waals surface area contributed by atoms with Crippen LogP contribution in [0.3, 0.4) is 0 Å². The number of hydrogen-bond donors (Lipinski definition) is 2. The number of carbonyl (C=O) groups excluding carboxylic acids is 2. The van der Waals surface area contributed by atoms with Crippen LogP contribution in [0.4, 0.5) is 9.59 Å². The Morgan fingerprint density at radius 1 is 0.865 bits per heavy atom. The molecular weight excluding hydrogens is 474 g/mol. The molecule has 210 valence electrons. The van der Waals surface area contributed by atoms with Gasteiger partial charge < -0.3 is 29.6 Å². The van der Waals surface area contributed by atoms with Crippen LogP contribution in [0.25, 0.3) is 0 Å². The number of amides is 2. The fourth-order valence-corrected chi connectivity index (χ4v) is 4.10. The van der Waals surface area contributed by atoms with Gasteiger partial charge in [0.2, 0.25) is 0 Å². The molecule has 1 aromatic rings. The van der Waals surface area contributed by atoms with Gasteiger partial charge in [-0.05, 0) is 18.6 Å². The highest BCUT2D eigenvalue weighted by Gasteiger charge is 2.28. The molecule has 2 atom stereocenters. The Balaban J connectivity index is 1.35. The highest BCUT2D eigenvalue weighted by atomic mass is 16.7. The Bertz CT molecular complexity index is 721. The molecule has 0 spiro atoms. The lowest BCUT2D eigenvalue weighted by Gasteiger charge is -2.13. The van der Waals surface area contributed by atoms with E-state index in [1.165, 1.54) is 70.6 Å². The van der Waals surface area contributed by atoms with Gasteiger partial charge in [0.05, 0.1) is 18.8 Å². The molecule has 37 heavy (non-hydrogen) atoms. The predicted molar refractivity (Wildman–Crippen MR) is 142 cm³/mol. The Morgan fingerprint density at radius 2 is 1.49 bits per heavy atom. The molecule has 1 fully saturated rings. The minimum absolute atomic E-state index is 0.00713. The van der Waals surface area contributed by atoms with Crippen molar-refractivity contribution in [2.24, 2.45) is 0 Å². The van der Waals surface area contributed by atoms with Crippen molar-refractivity contribution in [3.63, 3.8) is 0 Å². The summed E-state index contributed by atoms with van der Waals surface area (Å²) in [5, 5.41) is 5.40. The van der Waals surface area contributed by atoms with Crippen molar-refractivity contribution < 1.29 is 28.5 Å². The zero-order chi connectivity index (χ0) is 26.4. The van der Waals surface area contributed by atoms with Crippen LogP contribution in [0.2, 0.25) is 0 Å². The summed E-state index contributed by atoms with van der Waals surface area (Å²) in [4.78, 5) is 27.8. The summed E-state index contributed by atoms with van der Waals surface area (Å²) in [7, 11) is 0. The first kappa shape index (κ1) is 30.8. The number of alkyl carbamates (subject to hydrolysis) is 2. The van der Waals surface area contributed by atoms with Gasteiger partial charge in [-0.25, -0.2) is 9.59 Å². The number of aromatic nitrogens is 1. The fraction of sp³-hybridized carbons (Fsp3) is 0.750. The average molecular weight is 522 g/mol. The van der Waals surface area contributed by atoms with Crippen molar-refractivity contribution in [2.75, 3.05) is 26.4 Å². The number of pyridine rings is 1. The molecule has 1 saturated heterocycles. The van der Waals surface area contributed by atoms with E-state index < -0.39 is 24.6 Å². The zero-order valence-electron chi connectivity index (χ0n) is 22.6. The summed E-state index contributed by atoms with van der Waals surface area (Å²) >= 11 is 0. The van der Waals surface area contributed by atoms with E-state index in [4.69, 9.17) is 18.9 Å². The molecule has 2 rings (SSSR count). The van der Waals surface area contributed by atoms with Crippen LogP contribution < -0.4 is 10.6 Å². The van der Waals surface area contributed by atoms with Crippen LogP contribution >= 0.6 is 0 Å². The number of rotatable bonds is 20. The third kappa shape index (κ3) is 16.1. The molecule has 2 N–H and O–H groups in total. The molecule has 0 saturated carbocycles. The van der Waals surface area contributed by atoms with E-state index in [2.05, 4.69) is 22.5 Å². The molecule has 0 aliphatic carbocycles. The van der Waals surface area contributed by atoms with Crippen molar-refractivity contribution in [2.45, 2.75) is 109 Å². The maximum absolute atomic E-state index is 11.9. The van der Waals surface area contributed by atoms with Gasteiger partial charge >= 0.3 is 12.2 Å². The SMILES string of the molecule is CCCCCCCCCCCCCCCNC(=O)OCC1OCC(COC(=O)NCc2ccccn2)O1. The lowest BCUT2D eigenvalue weighted by Crippen LogP contribution is -2.30. The van der Waals surface area contributed by atoms with Crippen LogP contribution in [0, 0.1) is 0 Å². The van der Waals surface area contributed by atoms with Gasteiger partial charge in [0.1, 0.15) is 19.3 Å². The predicted octanol–water partition coefficient (Wildman–Crippen LogP) is 5.87. The Hall–Kier alpha value is -2.39. The molecule has 1 aromatic heterocycles. The second-order valence-electron chi connectivity index (χ2n) is 9.56. The Morgan fingerprint density at radius 3 is 2.14 bits per heavy atom. The van der Waals surface area contributed by atoms with Gasteiger partial charge in [0.15, 0.2) is 6.29 Å². The van der Waals surface area contributed by atoms with Crippen LogP contribution in [0.15, 0.2) is 24.4 Å². The molecule has 9 nitrogen and oxygen atoms in total. The van der Waals surface area contributed by atoms with Crippen molar-refractivity contribution >= 4 is 12.2 Å². The van der Waals surface area contributed by atoms with Crippen LogP contribution in [0.1, 0.15) is 96.1 Å². The third-order valence-electron chi connectivity index (χ3n) is 6.25. The quantitative estimate of drug-likeness (QED) is 0.207. The zero-order valence-corrected chi connectivity index (χ0v) is 22.6. The summed E-state index contributed by atoms with van der Waals surface area (Å²) in [6, 6.07) is 5.47. The van der Waals surface area contributed by atoms with Crippen LogP contribution in [0.5, 0.6) is 0 Å². The number of unbranched alkanes of at least 4 members (excludes halogenated alkanes) is 12. The minimum Gasteiger partial charge on any atom is -0.447 e. The van der Waals surface area contributed by atoms with Gasteiger partial charge in [-0.15, -0.1) is 0 Å². The monoisotopic (exact) mass is 521 g/mol. The van der Waals surface area contributed by atoms with Gasteiger partial charge in [-0.3, -0.25) is 4.98 Å². The van der Waals surface area contributed by atoms with Gasteiger partial charge in [-0.2, -0.15) is 0 Å². The fourth-order valence-electron chi connectivity index (χ4n) is 4.10. The molecule has 0 bridgehead atoms. The average Bonchev–Trinajstić information content (AvgIpc) is 3.38. The number of carbonyl (C=O) groups is 2. The Labute approximate surface area is 222 Å². The standard InChI is InChI=1S/C28H47N3O6/c1-2-3-4-5-6-7-8-9-10-11-12-13-15-19-30-27(32)36-23-26-34-21-25(37-26)22-35-28(33)31-20-24-17-14-16-18-29-24/h14,16-18,25-26H,2-13,15,19-23H2,1H3,(H,30,32)(H,31,33). The highest BCUT2D eigenvalue weighted by Crippen LogP contribution is 2.13. The normalized spacial score (nSPS) is 16.9. The van der Waals surface area contributed by atoms with E-state index in [1.807, 2.05) is 18.2 Å². The van der Waals surface area contributed by atoms with E-state index in [9.17, 15) is 9.59 Å². The summed E-state index contributed by atoms with van der Waals surface area (Å²) in [5.41, 5.74) is 0.740. The van der Waals surface area contributed by atoms with Crippen LogP contribution in [-0.4, -0.2) is 55.9 Å². The summed E-state index contributed by atoms with van der Waals surface area (Å²) in [5.74, 6) is 0. The number of nitrogens with zero attached hydrogens (tertiary/aromatic N) is 1. The number of nitrogens with one attached hydrogen (secondary N) is 2. The van der Waals surface area contributed by atoms with E-state index in [-0.39, 0.29) is 26.4 Å². The molecule has 2 unspecified atom stereocenters. The molecule has 0 radical (unpaired) electrons. The molecular formula is C28H47N3O6. The lowest BCUT2D eigenvalue weighted by molar-refractivity contribution is -0.0951. The van der Waals surface area contributed by atoms with Gasteiger partial charge in [-0.1, -0.05) is 90.0 Å². The third-order valence-corrected chi connectivity index (χ3v) is 6.25. The summed E-state index contributed by atoms with van der Waals surface area (Å²) in [6.45, 7) is 3.46. The first-order chi connectivity index (χ1) is 18.2. The molecule has 0 aromatic carbocycles. The van der Waals surface area contributed by atoms with E-state index in [0.717, 1.165) is 18.5 Å². The molecule has 9 heteroatoms. The number of ether oxygens (including phenoxy) is 4. The second-order valence-corrected chi connectivity index (χ2v) is 9.56. The number of hydrogen-bond acceptors (Lipinski definition) is 7. The maximum Gasteiger partial charge on any atom is 0.407 e. The highest BCUT2D eigenvalue weighted by molar-refractivity contribution is 5.67. The lowest BCUT2D eigenvalue weighted by atomic mass is 10.0. The maximum atomic E-state index is 11.9. The molecule has 2 heterocycles. The van der Waals surface area contributed by atoms with Crippen molar-refractivity contribution in [1.82, 2.24) is 15.6 Å². The van der Waals surface area contributed by atoms with Crippen molar-refractivity contribution in [1.29, 1.82) is 0 Å². The molecule has 1 aliphatic rings.